The molecule has 4 rings (SSSR count). The topological polar surface area (TPSA) is 38.8 Å². The van der Waals surface area contributed by atoms with Gasteiger partial charge < -0.3 is 14.4 Å². The normalized spacial score (nSPS) is 25.7. The molecule has 4 nitrogen and oxygen atoms in total. The lowest BCUT2D eigenvalue weighted by atomic mass is 9.89. The zero-order valence-corrected chi connectivity index (χ0v) is 17.7. The average Bonchev–Trinajstić information content (AvgIpc) is 3.03. The highest BCUT2D eigenvalue weighted by atomic mass is 35.5. The summed E-state index contributed by atoms with van der Waals surface area (Å²) in [5.74, 6) is 1.37. The molecule has 0 unspecified atom stereocenters. The van der Waals surface area contributed by atoms with E-state index in [4.69, 9.17) is 32.7 Å². The zero-order chi connectivity index (χ0) is 19.4. The van der Waals surface area contributed by atoms with Gasteiger partial charge in [0.1, 0.15) is 4.33 Å². The van der Waals surface area contributed by atoms with Crippen molar-refractivity contribution in [2.45, 2.75) is 30.1 Å². The van der Waals surface area contributed by atoms with Crippen molar-refractivity contribution in [2.75, 3.05) is 20.8 Å². The maximum absolute atomic E-state index is 13.4. The predicted molar refractivity (Wildman–Crippen MR) is 108 cm³/mol. The Kier molecular flexibility index (Phi) is 4.60. The molecule has 1 saturated carbocycles. The van der Waals surface area contributed by atoms with Gasteiger partial charge in [0, 0.05) is 11.4 Å². The van der Waals surface area contributed by atoms with Crippen LogP contribution in [0, 0.1) is 5.41 Å². The lowest BCUT2D eigenvalue weighted by molar-refractivity contribution is -0.138. The van der Waals surface area contributed by atoms with Crippen LogP contribution >= 0.6 is 34.5 Å². The molecule has 0 spiro atoms. The fourth-order valence-corrected chi connectivity index (χ4v) is 5.42. The van der Waals surface area contributed by atoms with Crippen LogP contribution in [0.1, 0.15) is 35.4 Å². The van der Waals surface area contributed by atoms with E-state index in [0.717, 1.165) is 16.9 Å². The molecule has 1 aromatic heterocycles. The fourth-order valence-electron chi connectivity index (χ4n) is 3.87. The number of carbonyl (C=O) groups excluding carboxylic acids is 1. The van der Waals surface area contributed by atoms with E-state index in [1.807, 2.05) is 35.4 Å². The average molecular weight is 426 g/mol. The Morgan fingerprint density at radius 3 is 2.48 bits per heavy atom. The Balaban J connectivity index is 1.81. The molecule has 144 valence electrons. The van der Waals surface area contributed by atoms with Crippen molar-refractivity contribution in [1.29, 1.82) is 0 Å². The van der Waals surface area contributed by atoms with Crippen LogP contribution in [0.25, 0.3) is 0 Å². The number of fused-ring (bicyclic) bond motifs is 1. The summed E-state index contributed by atoms with van der Waals surface area (Å²) in [6.45, 7) is 2.47. The summed E-state index contributed by atoms with van der Waals surface area (Å²) in [6.07, 6.45) is 1.23. The number of ether oxygens (including phenoxy) is 2. The summed E-state index contributed by atoms with van der Waals surface area (Å²) in [4.78, 5) is 16.4. The van der Waals surface area contributed by atoms with Gasteiger partial charge >= 0.3 is 0 Å². The smallest absolute Gasteiger partial charge is 0.232 e. The SMILES string of the molecule is COc1cc2c(cc1OC)[C@H](c1cccs1)N(C(=O)[C@@]1(C)CC1(Cl)Cl)CC2. The van der Waals surface area contributed by atoms with Gasteiger partial charge in [-0.15, -0.1) is 34.5 Å². The number of rotatable bonds is 4. The van der Waals surface area contributed by atoms with E-state index in [2.05, 4.69) is 6.07 Å². The molecule has 0 radical (unpaired) electrons. The molecule has 0 bridgehead atoms. The zero-order valence-electron chi connectivity index (χ0n) is 15.4. The summed E-state index contributed by atoms with van der Waals surface area (Å²) < 4.78 is 9.98. The number of thiophene rings is 1. The van der Waals surface area contributed by atoms with Gasteiger partial charge in [-0.05, 0) is 54.5 Å². The Hall–Kier alpha value is -1.43. The molecule has 1 amide bonds. The van der Waals surface area contributed by atoms with Crippen LogP contribution in [-0.4, -0.2) is 35.9 Å². The number of hydrogen-bond acceptors (Lipinski definition) is 4. The van der Waals surface area contributed by atoms with Crippen molar-refractivity contribution >= 4 is 40.4 Å². The van der Waals surface area contributed by atoms with Crippen LogP contribution in [0.15, 0.2) is 29.6 Å². The van der Waals surface area contributed by atoms with Crippen molar-refractivity contribution < 1.29 is 14.3 Å². The van der Waals surface area contributed by atoms with Gasteiger partial charge in [0.05, 0.1) is 25.7 Å². The molecule has 2 aromatic rings. The first-order valence-corrected chi connectivity index (χ1v) is 10.4. The van der Waals surface area contributed by atoms with Gasteiger partial charge in [-0.2, -0.15) is 0 Å². The van der Waals surface area contributed by atoms with Crippen LogP contribution in [0.5, 0.6) is 11.5 Å². The van der Waals surface area contributed by atoms with Gasteiger partial charge in [0.15, 0.2) is 11.5 Å². The van der Waals surface area contributed by atoms with E-state index in [-0.39, 0.29) is 11.9 Å². The van der Waals surface area contributed by atoms with Crippen LogP contribution < -0.4 is 9.47 Å². The number of amides is 1. The number of benzene rings is 1. The number of halogens is 2. The van der Waals surface area contributed by atoms with E-state index in [0.29, 0.717) is 24.5 Å². The maximum atomic E-state index is 13.4. The van der Waals surface area contributed by atoms with Crippen LogP contribution in [-0.2, 0) is 11.2 Å². The molecule has 1 aliphatic carbocycles. The van der Waals surface area contributed by atoms with E-state index in [1.54, 1.807) is 25.6 Å². The molecule has 2 aliphatic rings. The first-order valence-electron chi connectivity index (χ1n) is 8.79. The maximum Gasteiger partial charge on any atom is 0.232 e. The number of hydrogen-bond donors (Lipinski definition) is 0. The summed E-state index contributed by atoms with van der Waals surface area (Å²) in [5, 5.41) is 2.03. The molecule has 0 N–H and O–H groups in total. The lowest BCUT2D eigenvalue weighted by Crippen LogP contribution is -2.44. The summed E-state index contributed by atoms with van der Waals surface area (Å²) >= 11 is 14.2. The quantitative estimate of drug-likeness (QED) is 0.658. The molecule has 1 aromatic carbocycles. The summed E-state index contributed by atoms with van der Waals surface area (Å²) in [5.41, 5.74) is 1.49. The molecular weight excluding hydrogens is 405 g/mol. The fraction of sp³-hybridized carbons (Fsp3) is 0.450. The van der Waals surface area contributed by atoms with Crippen LogP contribution in [0.3, 0.4) is 0 Å². The minimum Gasteiger partial charge on any atom is -0.493 e. The molecule has 1 aliphatic heterocycles. The Morgan fingerprint density at radius 2 is 1.93 bits per heavy atom. The Labute approximate surface area is 173 Å². The second-order valence-corrected chi connectivity index (χ2v) is 9.75. The van der Waals surface area contributed by atoms with Crippen molar-refractivity contribution in [3.8, 4) is 11.5 Å². The van der Waals surface area contributed by atoms with Gasteiger partial charge in [-0.1, -0.05) is 6.07 Å². The minimum absolute atomic E-state index is 0.00587. The highest BCUT2D eigenvalue weighted by Crippen LogP contribution is 2.65. The largest absolute Gasteiger partial charge is 0.493 e. The van der Waals surface area contributed by atoms with Gasteiger partial charge in [-0.3, -0.25) is 4.79 Å². The second kappa shape index (κ2) is 6.57. The molecule has 2 heterocycles. The van der Waals surface area contributed by atoms with Crippen molar-refractivity contribution in [2.24, 2.45) is 5.41 Å². The third-order valence-electron chi connectivity index (χ3n) is 5.68. The van der Waals surface area contributed by atoms with E-state index < -0.39 is 9.75 Å². The lowest BCUT2D eigenvalue weighted by Gasteiger charge is -2.39. The molecule has 7 heteroatoms. The van der Waals surface area contributed by atoms with Gasteiger partial charge in [0.25, 0.3) is 0 Å². The second-order valence-electron chi connectivity index (χ2n) is 7.29. The van der Waals surface area contributed by atoms with E-state index in [9.17, 15) is 4.79 Å². The standard InChI is InChI=1S/C20H21Cl2NO3S/c1-19(11-20(19,21)22)18(24)23-7-6-12-9-14(25-2)15(26-3)10-13(12)17(23)16-5-4-8-27-16/h4-5,8-10,17H,6-7,11H2,1-3H3/t17-,19-/m1/s1. The summed E-state index contributed by atoms with van der Waals surface area (Å²) in [7, 11) is 3.25. The molecule has 1 fully saturated rings. The molecule has 0 saturated heterocycles. The van der Waals surface area contributed by atoms with Gasteiger partial charge in [-0.25, -0.2) is 0 Å². The third kappa shape index (κ3) is 2.91. The highest BCUT2D eigenvalue weighted by Gasteiger charge is 2.69. The first-order chi connectivity index (χ1) is 12.8. The van der Waals surface area contributed by atoms with Crippen molar-refractivity contribution in [3.05, 3.63) is 45.6 Å². The van der Waals surface area contributed by atoms with Gasteiger partial charge in [0.2, 0.25) is 5.91 Å². The van der Waals surface area contributed by atoms with Crippen LogP contribution in [0.4, 0.5) is 0 Å². The monoisotopic (exact) mass is 425 g/mol. The Bertz CT molecular complexity index is 884. The molecule has 2 atom stereocenters. The summed E-state index contributed by atoms with van der Waals surface area (Å²) in [6, 6.07) is 7.89. The number of alkyl halides is 2. The van der Waals surface area contributed by atoms with Crippen molar-refractivity contribution in [3.63, 3.8) is 0 Å². The van der Waals surface area contributed by atoms with Crippen molar-refractivity contribution in [1.82, 2.24) is 4.90 Å². The minimum atomic E-state index is -0.984. The first kappa shape index (κ1) is 18.9. The highest BCUT2D eigenvalue weighted by molar-refractivity contribution is 7.10. The third-order valence-corrected chi connectivity index (χ3v) is 7.70. The number of methoxy groups -OCH3 is 2. The molecule has 27 heavy (non-hydrogen) atoms. The van der Waals surface area contributed by atoms with E-state index in [1.165, 1.54) is 5.56 Å². The number of carbonyl (C=O) groups is 1. The number of nitrogens with zero attached hydrogens (tertiary/aromatic N) is 1. The predicted octanol–water partition coefficient (Wildman–Crippen LogP) is 4.82. The molecular formula is C20H21Cl2NO3S. The van der Waals surface area contributed by atoms with E-state index >= 15 is 0 Å². The Morgan fingerprint density at radius 1 is 1.26 bits per heavy atom. The van der Waals surface area contributed by atoms with Crippen LogP contribution in [0.2, 0.25) is 0 Å².